The fourth-order valence-electron chi connectivity index (χ4n) is 2.17. The van der Waals surface area contributed by atoms with Gasteiger partial charge in [0.2, 0.25) is 0 Å². The van der Waals surface area contributed by atoms with Crippen LogP contribution in [-0.4, -0.2) is 28.2 Å². The lowest BCUT2D eigenvalue weighted by molar-refractivity contribution is 0.240. The molecule has 0 bridgehead atoms. The third-order valence-corrected chi connectivity index (χ3v) is 3.23. The number of nitrogens with one attached hydrogen (secondary N) is 2. The number of urea groups is 1. The molecule has 0 aliphatic heterocycles. The Morgan fingerprint density at radius 1 is 1.39 bits per heavy atom. The van der Waals surface area contributed by atoms with Crippen LogP contribution < -0.4 is 15.4 Å². The first-order chi connectivity index (χ1) is 11.0. The molecule has 0 unspecified atom stereocenters. The summed E-state index contributed by atoms with van der Waals surface area (Å²) in [5, 5.41) is 5.68. The van der Waals surface area contributed by atoms with Crippen molar-refractivity contribution in [2.24, 2.45) is 0 Å². The van der Waals surface area contributed by atoms with Gasteiger partial charge in [-0.15, -0.1) is 0 Å². The van der Waals surface area contributed by atoms with Gasteiger partial charge in [-0.05, 0) is 51.0 Å². The monoisotopic (exact) mass is 316 g/mol. The Balaban J connectivity index is 1.75. The molecule has 6 heteroatoms. The molecule has 0 aliphatic carbocycles. The molecule has 1 aromatic heterocycles. The Morgan fingerprint density at radius 3 is 2.87 bits per heavy atom. The smallest absolute Gasteiger partial charge is 0.319 e. The number of hydrogen-bond acceptors (Lipinski definition) is 3. The lowest BCUT2D eigenvalue weighted by Gasteiger charge is -2.14. The maximum Gasteiger partial charge on any atom is 0.319 e. The van der Waals surface area contributed by atoms with Gasteiger partial charge in [-0.3, -0.25) is 0 Å². The zero-order chi connectivity index (χ0) is 16.7. The third kappa shape index (κ3) is 5.65. The number of carbonyl (C=O) groups excluding carboxylic acids is 1. The van der Waals surface area contributed by atoms with E-state index in [1.54, 1.807) is 12.5 Å². The van der Waals surface area contributed by atoms with Crippen molar-refractivity contribution >= 4 is 11.7 Å². The molecule has 1 aromatic carbocycles. The van der Waals surface area contributed by atoms with Crippen LogP contribution in [0.4, 0.5) is 10.5 Å². The highest BCUT2D eigenvalue weighted by atomic mass is 16.5. The predicted octanol–water partition coefficient (Wildman–Crippen LogP) is 3.19. The number of nitrogens with zero attached hydrogens (tertiary/aromatic N) is 2. The van der Waals surface area contributed by atoms with E-state index in [9.17, 15) is 4.79 Å². The molecule has 0 saturated heterocycles. The minimum atomic E-state index is -0.201. The molecule has 1 heterocycles. The van der Waals surface area contributed by atoms with E-state index in [4.69, 9.17) is 4.74 Å². The van der Waals surface area contributed by atoms with Crippen LogP contribution in [0.15, 0.2) is 36.9 Å². The molecular weight excluding hydrogens is 292 g/mol. The van der Waals surface area contributed by atoms with E-state index in [0.29, 0.717) is 6.54 Å². The van der Waals surface area contributed by atoms with Crippen LogP contribution in [-0.2, 0) is 6.54 Å². The van der Waals surface area contributed by atoms with Crippen molar-refractivity contribution in [3.8, 4) is 5.75 Å². The van der Waals surface area contributed by atoms with E-state index in [2.05, 4.69) is 15.6 Å². The van der Waals surface area contributed by atoms with E-state index < -0.39 is 0 Å². The van der Waals surface area contributed by atoms with Gasteiger partial charge in [-0.25, -0.2) is 9.78 Å². The van der Waals surface area contributed by atoms with Crippen LogP contribution in [0.3, 0.4) is 0 Å². The summed E-state index contributed by atoms with van der Waals surface area (Å²) in [6.45, 7) is 7.38. The van der Waals surface area contributed by atoms with Crippen molar-refractivity contribution in [2.45, 2.75) is 39.8 Å². The molecule has 0 atom stereocenters. The average molecular weight is 316 g/mol. The molecule has 23 heavy (non-hydrogen) atoms. The molecule has 2 aromatic rings. The Hall–Kier alpha value is -2.50. The van der Waals surface area contributed by atoms with Crippen molar-refractivity contribution in [1.29, 1.82) is 0 Å². The Morgan fingerprint density at radius 2 is 2.22 bits per heavy atom. The largest absolute Gasteiger partial charge is 0.491 e. The van der Waals surface area contributed by atoms with Crippen molar-refractivity contribution in [2.75, 3.05) is 11.9 Å². The van der Waals surface area contributed by atoms with Gasteiger partial charge in [0.25, 0.3) is 0 Å². The zero-order valence-corrected chi connectivity index (χ0v) is 13.9. The molecule has 0 saturated carbocycles. The Labute approximate surface area is 136 Å². The number of anilines is 1. The summed E-state index contributed by atoms with van der Waals surface area (Å²) in [5.74, 6) is 0.839. The van der Waals surface area contributed by atoms with Gasteiger partial charge in [-0.1, -0.05) is 0 Å². The summed E-state index contributed by atoms with van der Waals surface area (Å²) in [6, 6.07) is 5.43. The predicted molar refractivity (Wildman–Crippen MR) is 90.8 cm³/mol. The first-order valence-electron chi connectivity index (χ1n) is 7.82. The summed E-state index contributed by atoms with van der Waals surface area (Å²) in [4.78, 5) is 15.9. The number of rotatable bonds is 7. The summed E-state index contributed by atoms with van der Waals surface area (Å²) in [5.41, 5.74) is 1.75. The molecule has 2 N–H and O–H groups in total. The first kappa shape index (κ1) is 16.9. The van der Waals surface area contributed by atoms with Crippen LogP contribution in [0, 0.1) is 6.92 Å². The highest BCUT2D eigenvalue weighted by molar-refractivity contribution is 5.89. The van der Waals surface area contributed by atoms with Gasteiger partial charge in [0.05, 0.1) is 12.4 Å². The standard InChI is InChI=1S/C17H24N4O2/c1-13(2)23-16-6-5-15(11-14(16)3)20-17(22)19-7-4-9-21-10-8-18-12-21/h5-6,8,10-13H,4,7,9H2,1-3H3,(H2,19,20,22). The number of imidazole rings is 1. The van der Waals surface area contributed by atoms with Crippen molar-refractivity contribution in [1.82, 2.24) is 14.9 Å². The van der Waals surface area contributed by atoms with Crippen molar-refractivity contribution in [3.05, 3.63) is 42.5 Å². The molecule has 0 fully saturated rings. The molecule has 6 nitrogen and oxygen atoms in total. The van der Waals surface area contributed by atoms with Gasteiger partial charge >= 0.3 is 6.03 Å². The fraction of sp³-hybridized carbons (Fsp3) is 0.412. The van der Waals surface area contributed by atoms with E-state index in [1.807, 2.05) is 49.7 Å². The Bertz CT molecular complexity index is 624. The van der Waals surface area contributed by atoms with Crippen molar-refractivity contribution < 1.29 is 9.53 Å². The second-order valence-corrected chi connectivity index (χ2v) is 5.68. The van der Waals surface area contributed by atoms with E-state index >= 15 is 0 Å². The van der Waals surface area contributed by atoms with Crippen molar-refractivity contribution in [3.63, 3.8) is 0 Å². The summed E-state index contributed by atoms with van der Waals surface area (Å²) in [7, 11) is 0. The number of amides is 2. The topological polar surface area (TPSA) is 68.2 Å². The maximum absolute atomic E-state index is 11.9. The number of hydrogen-bond donors (Lipinski definition) is 2. The molecular formula is C17H24N4O2. The van der Waals surface area contributed by atoms with Crippen LogP contribution in [0.2, 0.25) is 0 Å². The SMILES string of the molecule is Cc1cc(NC(=O)NCCCn2ccnc2)ccc1OC(C)C. The van der Waals surface area contributed by atoms with Gasteiger partial charge in [0, 0.05) is 31.2 Å². The molecule has 0 spiro atoms. The number of aromatic nitrogens is 2. The van der Waals surface area contributed by atoms with Gasteiger partial charge < -0.3 is 19.9 Å². The highest BCUT2D eigenvalue weighted by Crippen LogP contribution is 2.22. The molecule has 2 rings (SSSR count). The molecule has 0 aliphatic rings. The van der Waals surface area contributed by atoms with E-state index in [0.717, 1.165) is 30.0 Å². The van der Waals surface area contributed by atoms with Gasteiger partial charge in [0.1, 0.15) is 5.75 Å². The van der Waals surface area contributed by atoms with Crippen LogP contribution >= 0.6 is 0 Å². The van der Waals surface area contributed by atoms with E-state index in [-0.39, 0.29) is 12.1 Å². The van der Waals surface area contributed by atoms with Gasteiger partial charge in [-0.2, -0.15) is 0 Å². The van der Waals surface area contributed by atoms with Gasteiger partial charge in [0.15, 0.2) is 0 Å². The van der Waals surface area contributed by atoms with E-state index in [1.165, 1.54) is 0 Å². The molecule has 0 radical (unpaired) electrons. The normalized spacial score (nSPS) is 10.6. The number of ether oxygens (including phenoxy) is 1. The van der Waals surface area contributed by atoms with Crippen LogP contribution in [0.25, 0.3) is 0 Å². The summed E-state index contributed by atoms with van der Waals surface area (Å²) in [6.07, 6.45) is 6.40. The maximum atomic E-state index is 11.9. The quantitative estimate of drug-likeness (QED) is 0.771. The number of benzene rings is 1. The second-order valence-electron chi connectivity index (χ2n) is 5.68. The first-order valence-corrected chi connectivity index (χ1v) is 7.82. The highest BCUT2D eigenvalue weighted by Gasteiger charge is 2.06. The minimum Gasteiger partial charge on any atom is -0.491 e. The third-order valence-electron chi connectivity index (χ3n) is 3.23. The Kier molecular flexibility index (Phi) is 6.02. The lowest BCUT2D eigenvalue weighted by Crippen LogP contribution is -2.30. The molecule has 2 amide bonds. The summed E-state index contributed by atoms with van der Waals surface area (Å²) < 4.78 is 7.67. The second kappa shape index (κ2) is 8.22. The number of carbonyl (C=O) groups is 1. The fourth-order valence-corrected chi connectivity index (χ4v) is 2.17. The zero-order valence-electron chi connectivity index (χ0n) is 13.9. The van der Waals surface area contributed by atoms with Crippen LogP contribution in [0.5, 0.6) is 5.75 Å². The van der Waals surface area contributed by atoms with Crippen LogP contribution in [0.1, 0.15) is 25.8 Å². The molecule has 124 valence electrons. The minimum absolute atomic E-state index is 0.131. The number of aryl methyl sites for hydroxylation is 2. The lowest BCUT2D eigenvalue weighted by atomic mass is 10.2. The summed E-state index contributed by atoms with van der Waals surface area (Å²) >= 11 is 0. The average Bonchev–Trinajstić information content (AvgIpc) is 2.99.